The van der Waals surface area contributed by atoms with Crippen LogP contribution in [0.5, 0.6) is 0 Å². The molecule has 0 radical (unpaired) electrons. The smallest absolute Gasteiger partial charge is 1.00 e. The molecule has 1 aromatic rings. The van der Waals surface area contributed by atoms with Crippen molar-refractivity contribution in [3.63, 3.8) is 0 Å². The van der Waals surface area contributed by atoms with Crippen LogP contribution in [-0.4, -0.2) is 26.1 Å². The van der Waals surface area contributed by atoms with Crippen molar-refractivity contribution in [3.8, 4) is 0 Å². The Bertz CT molecular complexity index is 435. The van der Waals surface area contributed by atoms with E-state index in [0.29, 0.717) is 5.69 Å². The van der Waals surface area contributed by atoms with Crippen molar-refractivity contribution < 1.29 is 44.0 Å². The van der Waals surface area contributed by atoms with E-state index >= 15 is 0 Å². The summed E-state index contributed by atoms with van der Waals surface area (Å²) in [4.78, 5) is 2.14. The van der Waals surface area contributed by atoms with Crippen LogP contribution in [0.2, 0.25) is 0 Å². The summed E-state index contributed by atoms with van der Waals surface area (Å²) in [5.41, 5.74) is 1.37. The quantitative estimate of drug-likeness (QED) is 0.523. The zero-order chi connectivity index (χ0) is 12.2. The van der Waals surface area contributed by atoms with Crippen molar-refractivity contribution in [1.29, 1.82) is 0 Å². The molecule has 1 rings (SSSR count). The summed E-state index contributed by atoms with van der Waals surface area (Å²) in [5, 5.41) is 0. The molecule has 0 bridgehead atoms. The standard InChI is InChI=1S/C10H16N2O3S.Na.H/c1-3-12(4-2)10-7-5-9(6-8-10)11-16(13,14)15;;/h5-8,11H,3-4H2,1-2H3,(H,13,14,15);;/q;+1;-1. The maximum absolute atomic E-state index is 10.6. The Kier molecular flexibility index (Phi) is 7.11. The Hall–Kier alpha value is -0.270. The molecule has 0 spiro atoms. The van der Waals surface area contributed by atoms with Crippen molar-refractivity contribution >= 4 is 21.7 Å². The van der Waals surface area contributed by atoms with Crippen LogP contribution >= 0.6 is 0 Å². The van der Waals surface area contributed by atoms with Gasteiger partial charge in [-0.15, -0.1) is 0 Å². The zero-order valence-electron chi connectivity index (χ0n) is 11.3. The molecule has 92 valence electrons. The van der Waals surface area contributed by atoms with Gasteiger partial charge in [0.15, 0.2) is 0 Å². The molecule has 0 amide bonds. The Morgan fingerprint density at radius 3 is 2.06 bits per heavy atom. The van der Waals surface area contributed by atoms with E-state index in [0.717, 1.165) is 18.8 Å². The first-order chi connectivity index (χ1) is 7.46. The SMILES string of the molecule is CCN(CC)c1ccc(NS(=O)(=O)O)cc1.[H-].[Na+]. The topological polar surface area (TPSA) is 69.6 Å². The van der Waals surface area contributed by atoms with Crippen LogP contribution in [0.4, 0.5) is 11.4 Å². The van der Waals surface area contributed by atoms with Crippen LogP contribution in [0.3, 0.4) is 0 Å². The Labute approximate surface area is 126 Å². The summed E-state index contributed by atoms with van der Waals surface area (Å²) in [6.45, 7) is 5.88. The first kappa shape index (κ1) is 16.7. The van der Waals surface area contributed by atoms with Crippen molar-refractivity contribution in [2.24, 2.45) is 0 Å². The second-order valence-corrected chi connectivity index (χ2v) is 4.45. The van der Waals surface area contributed by atoms with Crippen LogP contribution in [0.1, 0.15) is 15.3 Å². The zero-order valence-corrected chi connectivity index (χ0v) is 13.2. The van der Waals surface area contributed by atoms with E-state index in [9.17, 15) is 8.42 Å². The molecule has 7 heteroatoms. The van der Waals surface area contributed by atoms with E-state index in [1.54, 1.807) is 24.3 Å². The van der Waals surface area contributed by atoms with Gasteiger partial charge in [0.2, 0.25) is 0 Å². The summed E-state index contributed by atoms with van der Waals surface area (Å²) < 4.78 is 31.7. The van der Waals surface area contributed by atoms with Crippen LogP contribution in [-0.2, 0) is 10.3 Å². The number of hydrogen-bond acceptors (Lipinski definition) is 3. The second kappa shape index (κ2) is 7.23. The molecular formula is C10H17N2NaO3S. The minimum Gasteiger partial charge on any atom is -1.00 e. The minimum atomic E-state index is -4.19. The summed E-state index contributed by atoms with van der Waals surface area (Å²) in [5.74, 6) is 0. The number of benzene rings is 1. The largest absolute Gasteiger partial charge is 1.00 e. The van der Waals surface area contributed by atoms with Crippen LogP contribution in [0.15, 0.2) is 24.3 Å². The molecule has 1 aromatic carbocycles. The fourth-order valence-electron chi connectivity index (χ4n) is 1.48. The van der Waals surface area contributed by atoms with Crippen LogP contribution in [0, 0.1) is 0 Å². The molecule has 0 saturated heterocycles. The monoisotopic (exact) mass is 268 g/mol. The van der Waals surface area contributed by atoms with E-state index in [1.165, 1.54) is 0 Å². The fraction of sp³-hybridized carbons (Fsp3) is 0.400. The van der Waals surface area contributed by atoms with Gasteiger partial charge in [-0.3, -0.25) is 9.27 Å². The Morgan fingerprint density at radius 1 is 1.24 bits per heavy atom. The summed E-state index contributed by atoms with van der Waals surface area (Å²) >= 11 is 0. The fourth-order valence-corrected chi connectivity index (χ4v) is 1.91. The third-order valence-corrected chi connectivity index (χ3v) is 2.74. The number of nitrogens with one attached hydrogen (secondary N) is 1. The summed E-state index contributed by atoms with van der Waals surface area (Å²) in [7, 11) is -4.19. The molecule has 17 heavy (non-hydrogen) atoms. The molecule has 0 aliphatic heterocycles. The Morgan fingerprint density at radius 2 is 1.71 bits per heavy atom. The van der Waals surface area contributed by atoms with Crippen molar-refractivity contribution in [2.45, 2.75) is 13.8 Å². The molecular weight excluding hydrogens is 251 g/mol. The predicted octanol–water partition coefficient (Wildman–Crippen LogP) is -1.14. The molecule has 0 unspecified atom stereocenters. The Balaban J connectivity index is 0. The molecule has 2 N–H and O–H groups in total. The number of hydrogen-bond donors (Lipinski definition) is 2. The first-order valence-corrected chi connectivity index (χ1v) is 6.50. The molecule has 5 nitrogen and oxygen atoms in total. The van der Waals surface area contributed by atoms with Gasteiger partial charge in [-0.2, -0.15) is 8.42 Å². The van der Waals surface area contributed by atoms with Gasteiger partial charge in [-0.05, 0) is 38.1 Å². The number of rotatable bonds is 5. The summed E-state index contributed by atoms with van der Waals surface area (Å²) in [6.07, 6.45) is 0. The number of anilines is 2. The van der Waals surface area contributed by atoms with Gasteiger partial charge in [-0.25, -0.2) is 0 Å². The van der Waals surface area contributed by atoms with Gasteiger partial charge >= 0.3 is 39.9 Å². The van der Waals surface area contributed by atoms with Gasteiger partial charge in [0.05, 0.1) is 5.69 Å². The van der Waals surface area contributed by atoms with Crippen LogP contribution in [0.25, 0.3) is 0 Å². The third kappa shape index (κ3) is 5.74. The van der Waals surface area contributed by atoms with E-state index < -0.39 is 10.3 Å². The molecule has 0 aromatic heterocycles. The molecule has 0 aliphatic carbocycles. The van der Waals surface area contributed by atoms with Gasteiger partial charge in [0.25, 0.3) is 0 Å². The van der Waals surface area contributed by atoms with Crippen molar-refractivity contribution in [1.82, 2.24) is 0 Å². The van der Waals surface area contributed by atoms with Gasteiger partial charge < -0.3 is 6.33 Å². The predicted molar refractivity (Wildman–Crippen MR) is 66.3 cm³/mol. The molecule has 0 fully saturated rings. The molecule has 0 aliphatic rings. The second-order valence-electron chi connectivity index (χ2n) is 3.30. The van der Waals surface area contributed by atoms with E-state index in [1.807, 2.05) is 18.6 Å². The normalized spacial score (nSPS) is 10.5. The maximum atomic E-state index is 10.6. The van der Waals surface area contributed by atoms with Crippen molar-refractivity contribution in [2.75, 3.05) is 22.7 Å². The average molecular weight is 268 g/mol. The van der Waals surface area contributed by atoms with Crippen LogP contribution < -0.4 is 39.2 Å². The van der Waals surface area contributed by atoms with E-state index in [-0.39, 0.29) is 31.0 Å². The van der Waals surface area contributed by atoms with Crippen molar-refractivity contribution in [3.05, 3.63) is 24.3 Å². The molecule has 0 atom stereocenters. The van der Waals surface area contributed by atoms with E-state index in [4.69, 9.17) is 4.55 Å². The van der Waals surface area contributed by atoms with Gasteiger partial charge in [-0.1, -0.05) is 0 Å². The van der Waals surface area contributed by atoms with Gasteiger partial charge in [0, 0.05) is 18.8 Å². The van der Waals surface area contributed by atoms with E-state index in [2.05, 4.69) is 4.90 Å². The first-order valence-electron chi connectivity index (χ1n) is 5.06. The molecule has 0 heterocycles. The summed E-state index contributed by atoms with van der Waals surface area (Å²) in [6, 6.07) is 6.84. The maximum Gasteiger partial charge on any atom is 1.00 e. The average Bonchev–Trinajstić information content (AvgIpc) is 2.20. The third-order valence-electron chi connectivity index (χ3n) is 2.24. The number of nitrogens with zero attached hydrogens (tertiary/aromatic N) is 1. The molecule has 0 saturated carbocycles. The van der Waals surface area contributed by atoms with Gasteiger partial charge in [0.1, 0.15) is 0 Å². The minimum absolute atomic E-state index is 0.